The van der Waals surface area contributed by atoms with Crippen molar-refractivity contribution in [2.24, 2.45) is 5.92 Å². The number of thiophene rings is 1. The van der Waals surface area contributed by atoms with Crippen molar-refractivity contribution in [3.8, 4) is 0 Å². The zero-order valence-corrected chi connectivity index (χ0v) is 18.0. The molecule has 3 aromatic rings. The summed E-state index contributed by atoms with van der Waals surface area (Å²) in [5, 5.41) is 0. The lowest BCUT2D eigenvalue weighted by atomic mass is 9.86. The van der Waals surface area contributed by atoms with Gasteiger partial charge in [-0.25, -0.2) is 9.78 Å². The summed E-state index contributed by atoms with van der Waals surface area (Å²) in [6.45, 7) is 1.27. The molecule has 3 heterocycles. The number of nitrogens with one attached hydrogen (secondary N) is 1. The minimum absolute atomic E-state index is 0.0675. The molecule has 7 nitrogen and oxygen atoms in total. The highest BCUT2D eigenvalue weighted by Crippen LogP contribution is 2.33. The zero-order valence-electron chi connectivity index (χ0n) is 17.1. The van der Waals surface area contributed by atoms with E-state index >= 15 is 0 Å². The van der Waals surface area contributed by atoms with Crippen LogP contribution in [0.3, 0.4) is 0 Å². The Morgan fingerprint density at radius 2 is 2.23 bits per heavy atom. The van der Waals surface area contributed by atoms with Crippen LogP contribution in [0.25, 0.3) is 15.9 Å². The lowest BCUT2D eigenvalue weighted by molar-refractivity contribution is 0.0606. The molecular formula is C22H25N3O4S. The Bertz CT molecular complexity index is 1140. The largest absolute Gasteiger partial charge is 0.465 e. The third-order valence-electron chi connectivity index (χ3n) is 5.54. The van der Waals surface area contributed by atoms with Crippen molar-refractivity contribution in [3.05, 3.63) is 57.1 Å². The van der Waals surface area contributed by atoms with Crippen LogP contribution < -0.4 is 5.56 Å². The predicted octanol–water partition coefficient (Wildman–Crippen LogP) is 3.65. The van der Waals surface area contributed by atoms with E-state index in [1.807, 2.05) is 12.1 Å². The average molecular weight is 428 g/mol. The number of esters is 1. The van der Waals surface area contributed by atoms with Crippen LogP contribution in [0.2, 0.25) is 0 Å². The Labute approximate surface area is 178 Å². The summed E-state index contributed by atoms with van der Waals surface area (Å²) in [5.74, 6) is 1.18. The molecule has 0 aromatic carbocycles. The van der Waals surface area contributed by atoms with E-state index in [9.17, 15) is 9.59 Å². The van der Waals surface area contributed by atoms with E-state index in [1.165, 1.54) is 30.1 Å². The standard InChI is InChI=1S/C22H25N3O4S/c1-28-11-10-25-17-13-18(22(27)29-2)30-21(17)24-19(25)12-14-6-8-15(9-7-14)16-4-3-5-20(26)23-16/h3-5,8,13-14H,6-7,9-12H2,1-2H3,(H,23,26). The molecule has 1 aliphatic rings. The number of fused-ring (bicyclic) bond motifs is 1. The van der Waals surface area contributed by atoms with Crippen LogP contribution in [-0.2, 0) is 22.4 Å². The van der Waals surface area contributed by atoms with Gasteiger partial charge in [0.25, 0.3) is 0 Å². The number of ether oxygens (including phenoxy) is 2. The second-order valence-electron chi connectivity index (χ2n) is 7.47. The Hall–Kier alpha value is -2.71. The minimum Gasteiger partial charge on any atom is -0.465 e. The summed E-state index contributed by atoms with van der Waals surface area (Å²) in [6, 6.07) is 7.15. The van der Waals surface area contributed by atoms with Gasteiger partial charge in [0.2, 0.25) is 5.56 Å². The summed E-state index contributed by atoms with van der Waals surface area (Å²) in [5.41, 5.74) is 3.01. The second-order valence-corrected chi connectivity index (χ2v) is 8.50. The fraction of sp³-hybridized carbons (Fsp3) is 0.409. The highest BCUT2D eigenvalue weighted by Gasteiger charge is 2.22. The van der Waals surface area contributed by atoms with Crippen molar-refractivity contribution in [2.45, 2.75) is 32.2 Å². The van der Waals surface area contributed by atoms with Crippen molar-refractivity contribution in [3.63, 3.8) is 0 Å². The number of rotatable bonds is 7. The lowest BCUT2D eigenvalue weighted by Gasteiger charge is -2.22. The number of methoxy groups -OCH3 is 2. The molecule has 0 radical (unpaired) electrons. The molecule has 0 amide bonds. The molecular weight excluding hydrogens is 402 g/mol. The van der Waals surface area contributed by atoms with Gasteiger partial charge in [-0.15, -0.1) is 11.3 Å². The van der Waals surface area contributed by atoms with Gasteiger partial charge < -0.3 is 19.0 Å². The molecule has 30 heavy (non-hydrogen) atoms. The number of aromatic amines is 1. The van der Waals surface area contributed by atoms with Crippen molar-refractivity contribution in [1.29, 1.82) is 0 Å². The van der Waals surface area contributed by atoms with Crippen LogP contribution in [0.15, 0.2) is 35.1 Å². The summed E-state index contributed by atoms with van der Waals surface area (Å²) in [7, 11) is 3.07. The minimum atomic E-state index is -0.332. The molecule has 1 aliphatic carbocycles. The monoisotopic (exact) mass is 427 g/mol. The Balaban J connectivity index is 1.54. The number of imidazole rings is 1. The molecule has 3 aromatic heterocycles. The van der Waals surface area contributed by atoms with E-state index in [4.69, 9.17) is 14.5 Å². The maximum Gasteiger partial charge on any atom is 0.348 e. The van der Waals surface area contributed by atoms with Crippen LogP contribution in [0, 0.1) is 5.92 Å². The van der Waals surface area contributed by atoms with Gasteiger partial charge in [0.05, 0.1) is 19.2 Å². The molecule has 1 unspecified atom stereocenters. The summed E-state index contributed by atoms with van der Waals surface area (Å²) in [4.78, 5) is 32.6. The SMILES string of the molecule is COCCn1c(CC2CC=C(c3cccc(=O)[nH]3)CC2)nc2sc(C(=O)OC)cc21. The number of pyridine rings is 1. The van der Waals surface area contributed by atoms with Crippen LogP contribution in [-0.4, -0.2) is 41.3 Å². The fourth-order valence-corrected chi connectivity index (χ4v) is 4.93. The maximum absolute atomic E-state index is 11.9. The number of hydrogen-bond acceptors (Lipinski definition) is 6. The van der Waals surface area contributed by atoms with Gasteiger partial charge in [-0.05, 0) is 42.9 Å². The third-order valence-corrected chi connectivity index (χ3v) is 6.54. The van der Waals surface area contributed by atoms with E-state index in [-0.39, 0.29) is 11.5 Å². The summed E-state index contributed by atoms with van der Waals surface area (Å²) in [6.07, 6.45) is 6.03. The molecule has 4 rings (SSSR count). The van der Waals surface area contributed by atoms with Crippen molar-refractivity contribution in [2.75, 3.05) is 20.8 Å². The Morgan fingerprint density at radius 1 is 1.37 bits per heavy atom. The summed E-state index contributed by atoms with van der Waals surface area (Å²) < 4.78 is 12.3. The van der Waals surface area contributed by atoms with Crippen LogP contribution >= 0.6 is 11.3 Å². The zero-order chi connectivity index (χ0) is 21.1. The number of allylic oxidation sites excluding steroid dienone is 2. The van der Waals surface area contributed by atoms with E-state index < -0.39 is 0 Å². The molecule has 0 saturated carbocycles. The number of carbonyl (C=O) groups is 1. The van der Waals surface area contributed by atoms with Crippen molar-refractivity contribution in [1.82, 2.24) is 14.5 Å². The van der Waals surface area contributed by atoms with E-state index in [0.29, 0.717) is 23.9 Å². The summed E-state index contributed by atoms with van der Waals surface area (Å²) >= 11 is 1.37. The average Bonchev–Trinajstić information content (AvgIpc) is 3.30. The Kier molecular flexibility index (Phi) is 6.15. The van der Waals surface area contributed by atoms with Gasteiger partial charge >= 0.3 is 5.97 Å². The first-order valence-electron chi connectivity index (χ1n) is 10.0. The van der Waals surface area contributed by atoms with E-state index in [0.717, 1.165) is 47.5 Å². The van der Waals surface area contributed by atoms with Gasteiger partial charge in [-0.2, -0.15) is 0 Å². The number of H-pyrrole nitrogens is 1. The van der Waals surface area contributed by atoms with Gasteiger partial charge in [0.1, 0.15) is 15.5 Å². The second kappa shape index (κ2) is 8.97. The van der Waals surface area contributed by atoms with Crippen LogP contribution in [0.5, 0.6) is 0 Å². The van der Waals surface area contributed by atoms with Crippen LogP contribution in [0.1, 0.15) is 40.5 Å². The number of nitrogens with zero attached hydrogens (tertiary/aromatic N) is 2. The molecule has 8 heteroatoms. The smallest absolute Gasteiger partial charge is 0.348 e. The highest BCUT2D eigenvalue weighted by atomic mass is 32.1. The fourth-order valence-electron chi connectivity index (χ4n) is 3.96. The van der Waals surface area contributed by atoms with Crippen molar-refractivity contribution < 1.29 is 14.3 Å². The molecule has 0 bridgehead atoms. The number of carbonyl (C=O) groups excluding carboxylic acids is 1. The molecule has 0 aliphatic heterocycles. The molecule has 0 spiro atoms. The lowest BCUT2D eigenvalue weighted by Crippen LogP contribution is -2.15. The molecule has 0 fully saturated rings. The quantitative estimate of drug-likeness (QED) is 0.582. The molecule has 1 atom stereocenters. The normalized spacial score (nSPS) is 16.6. The highest BCUT2D eigenvalue weighted by molar-refractivity contribution is 7.20. The number of aromatic nitrogens is 3. The topological polar surface area (TPSA) is 86.2 Å². The van der Waals surface area contributed by atoms with E-state index in [1.54, 1.807) is 13.2 Å². The van der Waals surface area contributed by atoms with Crippen LogP contribution in [0.4, 0.5) is 0 Å². The van der Waals surface area contributed by atoms with Gasteiger partial charge in [0, 0.05) is 31.8 Å². The first-order valence-corrected chi connectivity index (χ1v) is 10.9. The number of hydrogen-bond donors (Lipinski definition) is 1. The van der Waals surface area contributed by atoms with Gasteiger partial charge in [-0.1, -0.05) is 12.1 Å². The van der Waals surface area contributed by atoms with Gasteiger partial charge in [-0.3, -0.25) is 4.79 Å². The Morgan fingerprint density at radius 3 is 2.93 bits per heavy atom. The van der Waals surface area contributed by atoms with E-state index in [2.05, 4.69) is 15.6 Å². The first kappa shape index (κ1) is 20.6. The van der Waals surface area contributed by atoms with Gasteiger partial charge in [0.15, 0.2) is 0 Å². The van der Waals surface area contributed by atoms with Crippen molar-refractivity contribution >= 4 is 33.2 Å². The maximum atomic E-state index is 11.9. The third kappa shape index (κ3) is 4.24. The molecule has 158 valence electrons. The predicted molar refractivity (Wildman–Crippen MR) is 117 cm³/mol. The first-order chi connectivity index (χ1) is 14.6. The molecule has 1 N–H and O–H groups in total. The molecule has 0 saturated heterocycles.